The zero-order valence-electron chi connectivity index (χ0n) is 17.8. The summed E-state index contributed by atoms with van der Waals surface area (Å²) < 4.78 is 13.5. The maximum atomic E-state index is 13.4. The number of hydrogen-bond acceptors (Lipinski definition) is 8. The summed E-state index contributed by atoms with van der Waals surface area (Å²) in [6.45, 7) is 0. The Morgan fingerprint density at radius 2 is 1.91 bits per heavy atom. The van der Waals surface area contributed by atoms with Crippen LogP contribution in [0.1, 0.15) is 30.9 Å². The Labute approximate surface area is 197 Å². The predicted molar refractivity (Wildman–Crippen MR) is 130 cm³/mol. The first-order valence-corrected chi connectivity index (χ1v) is 13.2. The van der Waals surface area contributed by atoms with Gasteiger partial charge in [0.05, 0.1) is 26.0 Å². The Hall–Kier alpha value is -2.23. The Kier molecular flexibility index (Phi) is 6.05. The van der Waals surface area contributed by atoms with Crippen molar-refractivity contribution in [3.05, 3.63) is 70.6 Å². The van der Waals surface area contributed by atoms with E-state index in [4.69, 9.17) is 14.5 Å². The first-order valence-electron chi connectivity index (χ1n) is 10.4. The van der Waals surface area contributed by atoms with Crippen LogP contribution >= 0.6 is 34.9 Å². The summed E-state index contributed by atoms with van der Waals surface area (Å²) in [5, 5.41) is 0. The van der Waals surface area contributed by atoms with Crippen LogP contribution in [0.15, 0.2) is 55.1 Å². The molecule has 5 rings (SSSR count). The van der Waals surface area contributed by atoms with Crippen LogP contribution in [0.25, 0.3) is 6.08 Å². The first kappa shape index (κ1) is 21.6. The average molecular weight is 487 g/mol. The number of ether oxygens (including phenoxy) is 2. The highest BCUT2D eigenvalue weighted by Gasteiger charge is 2.34. The Balaban J connectivity index is 1.77. The maximum Gasteiger partial charge on any atom is 0.332 e. The van der Waals surface area contributed by atoms with Gasteiger partial charge in [-0.1, -0.05) is 23.5 Å². The molecular weight excluding hydrogens is 464 g/mol. The van der Waals surface area contributed by atoms with E-state index >= 15 is 0 Å². The number of thioether (sulfide) groups is 2. The number of aromatic nitrogens is 1. The van der Waals surface area contributed by atoms with Crippen LogP contribution in [0.3, 0.4) is 0 Å². The van der Waals surface area contributed by atoms with E-state index in [2.05, 4.69) is 0 Å². The third-order valence-electron chi connectivity index (χ3n) is 5.77. The minimum Gasteiger partial charge on any atom is -0.497 e. The molecule has 1 fully saturated rings. The Morgan fingerprint density at radius 3 is 2.59 bits per heavy atom. The molecule has 0 saturated carbocycles. The summed E-state index contributed by atoms with van der Waals surface area (Å²) in [7, 11) is 2.95. The van der Waals surface area contributed by atoms with E-state index < -0.39 is 5.97 Å². The van der Waals surface area contributed by atoms with E-state index in [-0.39, 0.29) is 11.6 Å². The second-order valence-electron chi connectivity index (χ2n) is 7.57. The fraction of sp³-hybridized carbons (Fsp3) is 0.348. The number of carbonyl (C=O) groups is 1. The van der Waals surface area contributed by atoms with Crippen molar-refractivity contribution in [1.82, 2.24) is 4.57 Å². The van der Waals surface area contributed by atoms with Crippen LogP contribution in [0.4, 0.5) is 0 Å². The van der Waals surface area contributed by atoms with E-state index in [0.29, 0.717) is 9.33 Å². The number of rotatable bonds is 3. The molecule has 32 heavy (non-hydrogen) atoms. The van der Waals surface area contributed by atoms with Crippen molar-refractivity contribution in [2.45, 2.75) is 25.3 Å². The number of fused-ring (bicyclic) bond motifs is 1. The molecule has 0 radical (unpaired) electrons. The number of nitrogens with zero attached hydrogens (tertiary/aromatic N) is 2. The fourth-order valence-corrected chi connectivity index (χ4v) is 7.90. The van der Waals surface area contributed by atoms with Crippen molar-refractivity contribution in [2.75, 3.05) is 25.7 Å². The van der Waals surface area contributed by atoms with Gasteiger partial charge in [-0.2, -0.15) is 0 Å². The molecule has 2 aromatic rings. The van der Waals surface area contributed by atoms with Gasteiger partial charge < -0.3 is 9.47 Å². The van der Waals surface area contributed by atoms with E-state index in [1.165, 1.54) is 39.9 Å². The summed E-state index contributed by atoms with van der Waals surface area (Å²) in [4.78, 5) is 30.9. The van der Waals surface area contributed by atoms with Gasteiger partial charge in [-0.15, -0.1) is 23.5 Å². The van der Waals surface area contributed by atoms with Gasteiger partial charge in [-0.05, 0) is 48.1 Å². The zero-order chi connectivity index (χ0) is 22.2. The molecule has 1 aliphatic carbocycles. The molecule has 1 aromatic carbocycles. The number of esters is 1. The van der Waals surface area contributed by atoms with E-state index in [9.17, 15) is 9.59 Å². The molecule has 0 amide bonds. The minimum atomic E-state index is -0.540. The van der Waals surface area contributed by atoms with Gasteiger partial charge in [0.2, 0.25) is 0 Å². The number of methoxy groups -OCH3 is 2. The van der Waals surface area contributed by atoms with Gasteiger partial charge in [-0.3, -0.25) is 9.36 Å². The summed E-state index contributed by atoms with van der Waals surface area (Å²) >= 11 is 5.06. The van der Waals surface area contributed by atoms with E-state index in [1.807, 2.05) is 47.8 Å². The van der Waals surface area contributed by atoms with Gasteiger partial charge in [0.15, 0.2) is 4.80 Å². The minimum absolute atomic E-state index is 0.212. The van der Waals surface area contributed by atoms with Crippen molar-refractivity contribution in [1.29, 1.82) is 0 Å². The smallest absolute Gasteiger partial charge is 0.332 e. The summed E-state index contributed by atoms with van der Waals surface area (Å²) in [5.41, 5.74) is 4.31. The highest BCUT2D eigenvalue weighted by atomic mass is 32.2. The molecule has 1 saturated heterocycles. The fourth-order valence-electron chi connectivity index (χ4n) is 4.32. The lowest BCUT2D eigenvalue weighted by atomic mass is 9.85. The largest absolute Gasteiger partial charge is 0.497 e. The quantitative estimate of drug-likeness (QED) is 0.621. The number of thiazole rings is 1. The lowest BCUT2D eigenvalue weighted by molar-refractivity contribution is -0.133. The molecule has 0 spiro atoms. The summed E-state index contributed by atoms with van der Waals surface area (Å²) in [6.07, 6.45) is 4.19. The average Bonchev–Trinajstić information content (AvgIpc) is 3.46. The van der Waals surface area contributed by atoms with Crippen molar-refractivity contribution in [2.24, 2.45) is 4.99 Å². The molecular formula is C23H22N2O4S3. The monoisotopic (exact) mass is 486 g/mol. The van der Waals surface area contributed by atoms with Crippen LogP contribution < -0.4 is 19.6 Å². The lowest BCUT2D eigenvalue weighted by Crippen LogP contribution is -2.39. The lowest BCUT2D eigenvalue weighted by Gasteiger charge is -2.31. The molecule has 2 aliphatic heterocycles. The van der Waals surface area contributed by atoms with Crippen molar-refractivity contribution in [3.63, 3.8) is 0 Å². The van der Waals surface area contributed by atoms with Gasteiger partial charge >= 0.3 is 5.97 Å². The molecule has 166 valence electrons. The number of benzene rings is 1. The van der Waals surface area contributed by atoms with Gasteiger partial charge in [0.1, 0.15) is 10.3 Å². The van der Waals surface area contributed by atoms with Crippen LogP contribution in [0, 0.1) is 0 Å². The van der Waals surface area contributed by atoms with Crippen LogP contribution in [-0.4, -0.2) is 36.3 Å². The maximum absolute atomic E-state index is 13.4. The van der Waals surface area contributed by atoms with Crippen molar-refractivity contribution < 1.29 is 14.3 Å². The van der Waals surface area contributed by atoms with E-state index in [1.54, 1.807) is 11.7 Å². The third-order valence-corrected chi connectivity index (χ3v) is 9.56. The normalized spacial score (nSPS) is 20.7. The summed E-state index contributed by atoms with van der Waals surface area (Å²) in [6, 6.07) is 7.61. The second-order valence-corrected chi connectivity index (χ2v) is 11.0. The highest BCUT2D eigenvalue weighted by molar-refractivity contribution is 8.25. The van der Waals surface area contributed by atoms with Gasteiger partial charge in [0.25, 0.3) is 5.56 Å². The van der Waals surface area contributed by atoms with Gasteiger partial charge in [-0.25, -0.2) is 9.79 Å². The van der Waals surface area contributed by atoms with Crippen LogP contribution in [0.5, 0.6) is 5.75 Å². The molecule has 0 N–H and O–H groups in total. The molecule has 1 aromatic heterocycles. The highest BCUT2D eigenvalue weighted by Crippen LogP contribution is 2.47. The van der Waals surface area contributed by atoms with Crippen molar-refractivity contribution >= 4 is 46.9 Å². The standard InChI is InChI=1S/C23H22N2O4S3/c1-28-14-8-6-13(7-9-14)20-15-4-3-5-16(22-30-10-11-31-22)19(15)24-23-25(20)21(27)17(32-23)12-18(26)29-2/h6-9,12,20H,3-5,10-11H2,1-2H3/b17-12-/t20-/m1/s1. The first-order chi connectivity index (χ1) is 15.6. The topological polar surface area (TPSA) is 69.9 Å². The molecule has 9 heteroatoms. The SMILES string of the molecule is COC(=O)/C=c1\sc2n(c1=O)[C@H](c1ccc(OC)cc1)C1=C(N=2)C(=C2SCCS2)CCC1. The second kappa shape index (κ2) is 8.96. The predicted octanol–water partition coefficient (Wildman–Crippen LogP) is 3.22. The molecule has 0 unspecified atom stereocenters. The Bertz CT molecular complexity index is 1310. The molecule has 3 aliphatic rings. The molecule has 0 bridgehead atoms. The van der Waals surface area contributed by atoms with Gasteiger partial charge in [0, 0.05) is 21.8 Å². The zero-order valence-corrected chi connectivity index (χ0v) is 20.2. The number of hydrogen-bond donors (Lipinski definition) is 0. The molecule has 3 heterocycles. The van der Waals surface area contributed by atoms with Crippen LogP contribution in [0.2, 0.25) is 0 Å². The van der Waals surface area contributed by atoms with E-state index in [0.717, 1.165) is 47.8 Å². The Morgan fingerprint density at radius 1 is 1.16 bits per heavy atom. The molecule has 1 atom stereocenters. The van der Waals surface area contributed by atoms with Crippen LogP contribution in [-0.2, 0) is 9.53 Å². The number of allylic oxidation sites excluding steroid dienone is 2. The van der Waals surface area contributed by atoms with Crippen molar-refractivity contribution in [3.8, 4) is 5.75 Å². The number of carbonyl (C=O) groups excluding carboxylic acids is 1. The third kappa shape index (κ3) is 3.76. The molecule has 6 nitrogen and oxygen atoms in total. The summed E-state index contributed by atoms with van der Waals surface area (Å²) in [5.74, 6) is 2.47.